The van der Waals surface area contributed by atoms with Crippen LogP contribution in [0.4, 0.5) is 0 Å². The Balaban J connectivity index is 1.13. The third-order valence-electron chi connectivity index (χ3n) is 16.0. The molecule has 0 saturated carbocycles. The molecule has 0 N–H and O–H groups in total. The van der Waals surface area contributed by atoms with E-state index in [0.29, 0.717) is 0 Å². The summed E-state index contributed by atoms with van der Waals surface area (Å²) in [7, 11) is 6.84. The first-order valence-corrected chi connectivity index (χ1v) is 25.3. The van der Waals surface area contributed by atoms with E-state index in [2.05, 4.69) is 159 Å². The molecule has 1 spiro atoms. The maximum atomic E-state index is 7.69. The summed E-state index contributed by atoms with van der Waals surface area (Å²) in [6.07, 6.45) is 1.47. The number of methoxy groups -OCH3 is 4. The van der Waals surface area contributed by atoms with Crippen LogP contribution >= 0.6 is 0 Å². The Morgan fingerprint density at radius 3 is 0.750 bits per heavy atom. The first-order chi connectivity index (χ1) is 35.1. The average Bonchev–Trinajstić information content (AvgIpc) is 4.02. The van der Waals surface area contributed by atoms with Crippen LogP contribution in [0, 0.1) is 0 Å². The summed E-state index contributed by atoms with van der Waals surface area (Å²) >= 11 is 0. The monoisotopic (exact) mass is 954 g/mol. The summed E-state index contributed by atoms with van der Waals surface area (Å²) in [5.74, 6) is 2.45. The zero-order chi connectivity index (χ0) is 49.5. The molecular weight excluding hydrogens is 891 g/mol. The Bertz CT molecular complexity index is 2710. The number of nitrogens with zero attached hydrogens (tertiary/aromatic N) is 1. The van der Waals surface area contributed by atoms with Crippen LogP contribution in [0.3, 0.4) is 0 Å². The minimum atomic E-state index is -0.906. The van der Waals surface area contributed by atoms with Gasteiger partial charge < -0.3 is 32.9 Å². The Morgan fingerprint density at radius 1 is 0.333 bits per heavy atom. The molecule has 11 rings (SSSR count). The maximum Gasteiger partial charge on any atom is 0.163 e. The van der Waals surface area contributed by atoms with E-state index in [1.54, 1.807) is 28.4 Å². The second kappa shape index (κ2) is 19.1. The third kappa shape index (κ3) is 8.53. The van der Waals surface area contributed by atoms with Crippen molar-refractivity contribution in [2.45, 2.75) is 55.5 Å². The van der Waals surface area contributed by atoms with Gasteiger partial charge in [-0.25, -0.2) is 0 Å². The fraction of sp³-hybridized carbons (Fsp3) is 0.262. The van der Waals surface area contributed by atoms with E-state index in [-0.39, 0.29) is 0 Å². The highest BCUT2D eigenvalue weighted by Crippen LogP contribution is 2.57. The van der Waals surface area contributed by atoms with Gasteiger partial charge in [0.25, 0.3) is 0 Å². The van der Waals surface area contributed by atoms with Gasteiger partial charge in [-0.05, 0) is 129 Å². The predicted molar refractivity (Wildman–Crippen MR) is 288 cm³/mol. The van der Waals surface area contributed by atoms with Crippen molar-refractivity contribution in [3.05, 3.63) is 216 Å². The standard InChI is InChI=1S/C65H64NO6/c1-63(2)71-61-62(72-63)65(55-29-13-47(14-30-55)51-21-37-59(69-5)38-22-51,56-31-15-48(16-32-56)52-23-39-60(70-6)40-24-52)44-66(41-7-8-42-66)43-64(61,53-25-9-45(10-26-53)49-17-33-57(67-3)34-18-49)54-27-11-46(12-28-54)50-19-35-58(68-4)36-20-50/h9-40,61-62H,7-8,41-44H2,1-6H3/q+1/t61-,62-/m1/s1. The molecule has 3 saturated heterocycles. The highest BCUT2D eigenvalue weighted by molar-refractivity contribution is 5.69. The molecule has 3 fully saturated rings. The normalized spacial score (nSPS) is 19.2. The van der Waals surface area contributed by atoms with Crippen molar-refractivity contribution >= 4 is 0 Å². The maximum absolute atomic E-state index is 7.69. The minimum absolute atomic E-state index is 0.410. The summed E-state index contributed by atoms with van der Waals surface area (Å²) < 4.78 is 38.4. The molecule has 8 aromatic carbocycles. The molecule has 7 heteroatoms. The summed E-state index contributed by atoms with van der Waals surface area (Å²) in [4.78, 5) is 0. The van der Waals surface area contributed by atoms with Crippen molar-refractivity contribution < 1.29 is 32.9 Å². The highest BCUT2D eigenvalue weighted by atomic mass is 16.8. The van der Waals surface area contributed by atoms with E-state index in [9.17, 15) is 0 Å². The first kappa shape index (κ1) is 47.2. The molecule has 0 amide bonds. The summed E-state index contributed by atoms with van der Waals surface area (Å²) in [6.45, 7) is 7.99. The van der Waals surface area contributed by atoms with Crippen LogP contribution in [-0.2, 0) is 20.3 Å². The van der Waals surface area contributed by atoms with Gasteiger partial charge in [0.2, 0.25) is 0 Å². The summed E-state index contributed by atoms with van der Waals surface area (Å²) in [5, 5.41) is 0. The van der Waals surface area contributed by atoms with Gasteiger partial charge in [0.1, 0.15) is 35.2 Å². The van der Waals surface area contributed by atoms with Crippen molar-refractivity contribution in [2.24, 2.45) is 0 Å². The van der Waals surface area contributed by atoms with Crippen LogP contribution in [0.15, 0.2) is 194 Å². The van der Waals surface area contributed by atoms with Crippen molar-refractivity contribution in [1.82, 2.24) is 0 Å². The quantitative estimate of drug-likeness (QED) is 0.114. The Kier molecular flexibility index (Phi) is 12.5. The fourth-order valence-corrected chi connectivity index (χ4v) is 12.4. The zero-order valence-corrected chi connectivity index (χ0v) is 42.3. The molecule has 72 heavy (non-hydrogen) atoms. The lowest BCUT2D eigenvalue weighted by Crippen LogP contribution is -2.58. The third-order valence-corrected chi connectivity index (χ3v) is 16.0. The number of rotatable bonds is 12. The number of benzene rings is 8. The number of fused-ring (bicyclic) bond motifs is 1. The average molecular weight is 955 g/mol. The topological polar surface area (TPSA) is 55.4 Å². The van der Waals surface area contributed by atoms with Gasteiger partial charge >= 0.3 is 0 Å². The van der Waals surface area contributed by atoms with Crippen LogP contribution in [0.25, 0.3) is 44.5 Å². The Hall–Kier alpha value is -7.16. The molecule has 3 aliphatic rings. The number of hydrogen-bond donors (Lipinski definition) is 0. The van der Waals surface area contributed by atoms with Gasteiger partial charge in [-0.1, -0.05) is 146 Å². The highest BCUT2D eigenvalue weighted by Gasteiger charge is 2.68. The molecule has 0 radical (unpaired) electrons. The lowest BCUT2D eigenvalue weighted by molar-refractivity contribution is -0.922. The van der Waals surface area contributed by atoms with Gasteiger partial charge in [0, 0.05) is 12.8 Å². The van der Waals surface area contributed by atoms with Gasteiger partial charge in [-0.2, -0.15) is 0 Å². The van der Waals surface area contributed by atoms with Gasteiger partial charge in [-0.3, -0.25) is 0 Å². The molecule has 8 aromatic rings. The molecule has 3 aliphatic heterocycles. The molecule has 364 valence electrons. The van der Waals surface area contributed by atoms with Crippen LogP contribution < -0.4 is 18.9 Å². The van der Waals surface area contributed by atoms with E-state index in [1.165, 1.54) is 22.3 Å². The van der Waals surface area contributed by atoms with E-state index in [0.717, 1.165) is 111 Å². The lowest BCUT2D eigenvalue weighted by Gasteiger charge is -2.46. The van der Waals surface area contributed by atoms with Crippen LogP contribution in [-0.4, -0.2) is 77.1 Å². The zero-order valence-electron chi connectivity index (χ0n) is 42.3. The van der Waals surface area contributed by atoms with E-state index in [4.69, 9.17) is 28.4 Å². The number of hydrogen-bond acceptors (Lipinski definition) is 6. The van der Waals surface area contributed by atoms with Crippen molar-refractivity contribution in [1.29, 1.82) is 0 Å². The van der Waals surface area contributed by atoms with Gasteiger partial charge in [0.05, 0.1) is 65.4 Å². The molecular formula is C65H64NO6+. The van der Waals surface area contributed by atoms with Crippen LogP contribution in [0.5, 0.6) is 23.0 Å². The van der Waals surface area contributed by atoms with Crippen molar-refractivity contribution in [3.8, 4) is 67.5 Å². The largest absolute Gasteiger partial charge is 0.497 e. The molecule has 2 atom stereocenters. The Labute approximate surface area is 425 Å². The number of ether oxygens (including phenoxy) is 6. The smallest absolute Gasteiger partial charge is 0.163 e. The second-order valence-corrected chi connectivity index (χ2v) is 20.5. The van der Waals surface area contributed by atoms with Crippen LogP contribution in [0.1, 0.15) is 48.9 Å². The van der Waals surface area contributed by atoms with Gasteiger partial charge in [-0.15, -0.1) is 0 Å². The van der Waals surface area contributed by atoms with E-state index in [1.807, 2.05) is 48.5 Å². The summed E-state index contributed by atoms with van der Waals surface area (Å²) in [5.41, 5.74) is 12.7. The van der Waals surface area contributed by atoms with Crippen molar-refractivity contribution in [3.63, 3.8) is 0 Å². The van der Waals surface area contributed by atoms with Crippen LogP contribution in [0.2, 0.25) is 0 Å². The van der Waals surface area contributed by atoms with E-state index < -0.39 is 28.8 Å². The Morgan fingerprint density at radius 2 is 0.542 bits per heavy atom. The minimum Gasteiger partial charge on any atom is -0.497 e. The SMILES string of the molecule is COc1ccc(-c2ccc(C3(c4ccc(-c5ccc(OC)cc5)cc4)C[N+]4(CCCC4)CC(c4ccc(-c5ccc(OC)cc5)cc4)(c4ccc(-c5ccc(OC)cc5)cc4)[C@@H]4OC(C)(C)O[C@H]43)cc2)cc1. The van der Waals surface area contributed by atoms with E-state index >= 15 is 0 Å². The van der Waals surface area contributed by atoms with Gasteiger partial charge in [0.15, 0.2) is 5.79 Å². The lowest BCUT2D eigenvalue weighted by atomic mass is 9.62. The molecule has 0 unspecified atom stereocenters. The molecule has 0 bridgehead atoms. The molecule has 0 aliphatic carbocycles. The second-order valence-electron chi connectivity index (χ2n) is 20.5. The predicted octanol–water partition coefficient (Wildman–Crippen LogP) is 13.8. The molecule has 3 heterocycles. The molecule has 7 nitrogen and oxygen atoms in total. The molecule has 0 aromatic heterocycles. The van der Waals surface area contributed by atoms with Crippen molar-refractivity contribution in [2.75, 3.05) is 54.6 Å². The number of quaternary nitrogens is 1. The fourth-order valence-electron chi connectivity index (χ4n) is 12.4. The first-order valence-electron chi connectivity index (χ1n) is 25.3. The summed E-state index contributed by atoms with van der Waals surface area (Å²) in [6, 6.07) is 70.7.